The van der Waals surface area contributed by atoms with Gasteiger partial charge in [0.15, 0.2) is 0 Å². The average Bonchev–Trinajstić information content (AvgIpc) is 2.94. The summed E-state index contributed by atoms with van der Waals surface area (Å²) >= 11 is 0. The van der Waals surface area contributed by atoms with Gasteiger partial charge in [-0.3, -0.25) is 9.69 Å². The normalized spacial score (nSPS) is 21.6. The van der Waals surface area contributed by atoms with E-state index in [2.05, 4.69) is 67.0 Å². The van der Waals surface area contributed by atoms with Gasteiger partial charge in [-0.25, -0.2) is 9.97 Å². The highest BCUT2D eigenvalue weighted by molar-refractivity contribution is 5.76. The Morgan fingerprint density at radius 2 is 1.64 bits per heavy atom. The molecule has 2 aromatic carbocycles. The van der Waals surface area contributed by atoms with Crippen LogP contribution in [0, 0.1) is 0 Å². The summed E-state index contributed by atoms with van der Waals surface area (Å²) < 4.78 is 5.95. The third kappa shape index (κ3) is 8.15. The van der Waals surface area contributed by atoms with Crippen LogP contribution in [0.5, 0.6) is 5.75 Å². The van der Waals surface area contributed by atoms with Gasteiger partial charge >= 0.3 is 0 Å². The summed E-state index contributed by atoms with van der Waals surface area (Å²) in [7, 11) is 2.21. The number of nitrogens with one attached hydrogen (secondary N) is 3. The molecule has 1 amide bonds. The van der Waals surface area contributed by atoms with Crippen molar-refractivity contribution in [3.8, 4) is 5.75 Å². The van der Waals surface area contributed by atoms with Gasteiger partial charge in [0.1, 0.15) is 23.7 Å². The van der Waals surface area contributed by atoms with Crippen molar-refractivity contribution in [1.29, 1.82) is 0 Å². The van der Waals surface area contributed by atoms with E-state index in [-0.39, 0.29) is 5.91 Å². The summed E-state index contributed by atoms with van der Waals surface area (Å²) in [5.74, 6) is 2.36. The van der Waals surface area contributed by atoms with Crippen LogP contribution in [0.1, 0.15) is 37.7 Å². The molecule has 206 valence electrons. The summed E-state index contributed by atoms with van der Waals surface area (Å²) in [6, 6.07) is 18.8. The molecule has 8 bridgehead atoms. The summed E-state index contributed by atoms with van der Waals surface area (Å²) in [5.41, 5.74) is 3.14. The first-order chi connectivity index (χ1) is 19.1. The lowest BCUT2D eigenvalue weighted by atomic mass is 10.0. The van der Waals surface area contributed by atoms with Crippen molar-refractivity contribution < 1.29 is 9.53 Å². The first-order valence-corrected chi connectivity index (χ1v) is 14.0. The maximum absolute atomic E-state index is 12.3. The Hall–Kier alpha value is -3.69. The lowest BCUT2D eigenvalue weighted by Gasteiger charge is -2.36. The third-order valence-electron chi connectivity index (χ3n) is 7.40. The summed E-state index contributed by atoms with van der Waals surface area (Å²) in [5, 5.41) is 9.84. The van der Waals surface area contributed by atoms with E-state index >= 15 is 0 Å². The predicted molar refractivity (Wildman–Crippen MR) is 155 cm³/mol. The largest absolute Gasteiger partial charge is 0.494 e. The number of ether oxygens (including phenoxy) is 1. The zero-order valence-corrected chi connectivity index (χ0v) is 22.7. The molecule has 9 heteroatoms. The second kappa shape index (κ2) is 13.4. The van der Waals surface area contributed by atoms with Crippen LogP contribution in [0.15, 0.2) is 60.9 Å². The standard InChI is InChI=1S/C30H39N7O2/c1-36-21-23-6-4-7-24(18-23)34-28-20-29(33-22-32-28)35-25-8-5-9-27(19-25)39-17-3-2-13-31-30(38)12-16-37-14-10-26(36)11-15-37/h4-9,18-20,22,26H,2-3,10-17,21H2,1H3,(H,31,38)(H2,32,33,34,35). The molecule has 0 atom stereocenters. The molecule has 0 spiro atoms. The van der Waals surface area contributed by atoms with Crippen molar-refractivity contribution in [3.63, 3.8) is 0 Å². The Kier molecular flexibility index (Phi) is 9.24. The molecule has 6 rings (SSSR count). The van der Waals surface area contributed by atoms with Crippen molar-refractivity contribution in [2.24, 2.45) is 0 Å². The van der Waals surface area contributed by atoms with Crippen molar-refractivity contribution in [3.05, 3.63) is 66.5 Å². The lowest BCUT2D eigenvalue weighted by molar-refractivity contribution is -0.121. The van der Waals surface area contributed by atoms with E-state index in [4.69, 9.17) is 4.74 Å². The van der Waals surface area contributed by atoms with E-state index < -0.39 is 0 Å². The monoisotopic (exact) mass is 529 g/mol. The molecule has 1 fully saturated rings. The molecule has 4 heterocycles. The molecule has 0 unspecified atom stereocenters. The van der Waals surface area contributed by atoms with E-state index in [1.54, 1.807) is 6.33 Å². The van der Waals surface area contributed by atoms with E-state index in [0.29, 0.717) is 31.4 Å². The van der Waals surface area contributed by atoms with Gasteiger partial charge in [-0.1, -0.05) is 18.2 Å². The Bertz CT molecular complexity index is 1230. The number of carbonyl (C=O) groups is 1. The molecule has 39 heavy (non-hydrogen) atoms. The fourth-order valence-corrected chi connectivity index (χ4v) is 5.19. The molecular weight excluding hydrogens is 490 g/mol. The number of nitrogens with zero attached hydrogens (tertiary/aromatic N) is 4. The molecule has 1 aromatic heterocycles. The molecule has 0 radical (unpaired) electrons. The minimum absolute atomic E-state index is 0.136. The van der Waals surface area contributed by atoms with Crippen LogP contribution in [0.3, 0.4) is 0 Å². The zero-order valence-electron chi connectivity index (χ0n) is 22.7. The van der Waals surface area contributed by atoms with Crippen LogP contribution in [-0.4, -0.2) is 71.6 Å². The van der Waals surface area contributed by atoms with Crippen molar-refractivity contribution in [1.82, 2.24) is 25.1 Å². The summed E-state index contributed by atoms with van der Waals surface area (Å²) in [6.45, 7) is 5.07. The number of hydrogen-bond donors (Lipinski definition) is 3. The molecule has 1 saturated heterocycles. The second-order valence-corrected chi connectivity index (χ2v) is 10.4. The number of carbonyl (C=O) groups excluding carboxylic acids is 1. The smallest absolute Gasteiger partial charge is 0.221 e. The number of rotatable bonds is 0. The molecular formula is C30H39N7O2. The Morgan fingerprint density at radius 1 is 0.897 bits per heavy atom. The van der Waals surface area contributed by atoms with Crippen molar-refractivity contribution in [2.75, 3.05) is 50.5 Å². The third-order valence-corrected chi connectivity index (χ3v) is 7.40. The maximum atomic E-state index is 12.3. The van der Waals surface area contributed by atoms with Crippen molar-refractivity contribution >= 4 is 28.9 Å². The molecule has 0 aliphatic carbocycles. The molecule has 9 nitrogen and oxygen atoms in total. The van der Waals surface area contributed by atoms with Gasteiger partial charge in [-0.05, 0) is 75.6 Å². The van der Waals surface area contributed by atoms with Gasteiger partial charge in [0.2, 0.25) is 5.91 Å². The quantitative estimate of drug-likeness (QED) is 0.391. The van der Waals surface area contributed by atoms with E-state index in [0.717, 1.165) is 74.8 Å². The van der Waals surface area contributed by atoms with Crippen LogP contribution < -0.4 is 20.7 Å². The fraction of sp³-hybridized carbons (Fsp3) is 0.433. The number of piperidine rings is 1. The van der Waals surface area contributed by atoms with Crippen LogP contribution in [0.2, 0.25) is 0 Å². The summed E-state index contributed by atoms with van der Waals surface area (Å²) in [4.78, 5) is 26.0. The van der Waals surface area contributed by atoms with Gasteiger partial charge in [0.25, 0.3) is 0 Å². The topological polar surface area (TPSA) is 94.6 Å². The minimum atomic E-state index is 0.136. The number of fused-ring (bicyclic) bond motifs is 11. The molecule has 3 aliphatic rings. The van der Waals surface area contributed by atoms with Gasteiger partial charge < -0.3 is 25.6 Å². The van der Waals surface area contributed by atoms with Crippen molar-refractivity contribution in [2.45, 2.75) is 44.7 Å². The van der Waals surface area contributed by atoms with E-state index in [9.17, 15) is 4.79 Å². The number of aromatic nitrogens is 2. The SMILES string of the molecule is CN1Cc2cccc(c2)Nc2cc(ncn2)Nc2cccc(c2)OCCCCNC(=O)CCN2CCC1CC2. The molecule has 0 saturated carbocycles. The highest BCUT2D eigenvalue weighted by Crippen LogP contribution is 2.24. The maximum Gasteiger partial charge on any atom is 0.221 e. The van der Waals surface area contributed by atoms with Crippen LogP contribution in [0.4, 0.5) is 23.0 Å². The van der Waals surface area contributed by atoms with E-state index in [1.165, 1.54) is 5.56 Å². The number of amides is 1. The van der Waals surface area contributed by atoms with Crippen LogP contribution >= 0.6 is 0 Å². The fourth-order valence-electron chi connectivity index (χ4n) is 5.19. The second-order valence-electron chi connectivity index (χ2n) is 10.4. The Labute approximate surface area is 231 Å². The number of anilines is 4. The Morgan fingerprint density at radius 3 is 2.44 bits per heavy atom. The van der Waals surface area contributed by atoms with Gasteiger partial charge in [-0.15, -0.1) is 0 Å². The first kappa shape index (κ1) is 26.9. The molecule has 3 N–H and O–H groups in total. The highest BCUT2D eigenvalue weighted by Gasteiger charge is 2.23. The lowest BCUT2D eigenvalue weighted by Crippen LogP contribution is -2.44. The van der Waals surface area contributed by atoms with Crippen LogP contribution in [0.25, 0.3) is 0 Å². The zero-order chi connectivity index (χ0) is 26.9. The average molecular weight is 530 g/mol. The molecule has 3 aromatic rings. The summed E-state index contributed by atoms with van der Waals surface area (Å²) in [6.07, 6.45) is 6.12. The van der Waals surface area contributed by atoms with E-state index in [1.807, 2.05) is 30.3 Å². The predicted octanol–water partition coefficient (Wildman–Crippen LogP) is 4.54. The first-order valence-electron chi connectivity index (χ1n) is 14.0. The molecule has 3 aliphatic heterocycles. The number of benzene rings is 2. The Balaban J connectivity index is 1.29. The van der Waals surface area contributed by atoms with Gasteiger partial charge in [0.05, 0.1) is 6.61 Å². The van der Waals surface area contributed by atoms with Crippen LogP contribution in [-0.2, 0) is 11.3 Å². The number of hydrogen-bond acceptors (Lipinski definition) is 8. The van der Waals surface area contributed by atoms with Gasteiger partial charge in [-0.2, -0.15) is 0 Å². The van der Waals surface area contributed by atoms with Gasteiger partial charge in [0, 0.05) is 55.6 Å². The highest BCUT2D eigenvalue weighted by atomic mass is 16.5. The minimum Gasteiger partial charge on any atom is -0.494 e.